The zero-order valence-corrected chi connectivity index (χ0v) is 7.85. The summed E-state index contributed by atoms with van der Waals surface area (Å²) >= 11 is 0. The first kappa shape index (κ1) is 7.91. The summed E-state index contributed by atoms with van der Waals surface area (Å²) in [6.45, 7) is 0. The summed E-state index contributed by atoms with van der Waals surface area (Å²) in [6.07, 6.45) is 9.68. The van der Waals surface area contributed by atoms with Gasteiger partial charge in [0.2, 0.25) is 0 Å². The predicted octanol–water partition coefficient (Wildman–Crippen LogP) is 1.06. The van der Waals surface area contributed by atoms with E-state index >= 15 is 0 Å². The molecule has 72 valence electrons. The molecule has 14 heavy (non-hydrogen) atoms. The Bertz CT molecular complexity index is 401. The van der Waals surface area contributed by atoms with Gasteiger partial charge in [-0.3, -0.25) is 0 Å². The molecular formula is C10H12N4. The molecule has 3 rings (SSSR count). The van der Waals surface area contributed by atoms with Crippen LogP contribution in [-0.4, -0.2) is 15.4 Å². The van der Waals surface area contributed by atoms with E-state index in [0.29, 0.717) is 5.69 Å². The number of nitrogens with zero attached hydrogens (tertiary/aromatic N) is 3. The number of hydrogen-bond acceptors (Lipinski definition) is 4. The van der Waals surface area contributed by atoms with Crippen LogP contribution in [0.15, 0.2) is 18.3 Å². The maximum Gasteiger partial charge on any atom is 0.0993 e. The molecule has 1 aromatic rings. The minimum absolute atomic E-state index is 0.0741. The quantitative estimate of drug-likeness (QED) is 0.669. The highest BCUT2D eigenvalue weighted by Crippen LogP contribution is 2.51. The van der Waals surface area contributed by atoms with Crippen LogP contribution in [0.1, 0.15) is 25.0 Å². The zero-order valence-electron chi connectivity index (χ0n) is 7.85. The van der Waals surface area contributed by atoms with Gasteiger partial charge in [-0.05, 0) is 30.4 Å². The van der Waals surface area contributed by atoms with E-state index in [1.807, 2.05) is 0 Å². The van der Waals surface area contributed by atoms with Gasteiger partial charge >= 0.3 is 0 Å². The van der Waals surface area contributed by atoms with E-state index in [1.54, 1.807) is 6.20 Å². The average molecular weight is 188 g/mol. The lowest BCUT2D eigenvalue weighted by Crippen LogP contribution is -2.22. The Labute approximate surface area is 82.2 Å². The number of allylic oxidation sites excluding steroid dienone is 2. The molecular weight excluding hydrogens is 176 g/mol. The number of nitrogen functional groups attached to an aromatic ring is 1. The lowest BCUT2D eigenvalue weighted by atomic mass is 9.83. The van der Waals surface area contributed by atoms with Crippen LogP contribution in [0.25, 0.3) is 0 Å². The van der Waals surface area contributed by atoms with Gasteiger partial charge in [0, 0.05) is 5.41 Å². The van der Waals surface area contributed by atoms with Crippen LogP contribution in [-0.2, 0) is 5.41 Å². The van der Waals surface area contributed by atoms with E-state index in [0.717, 1.165) is 24.5 Å². The van der Waals surface area contributed by atoms with Crippen molar-refractivity contribution in [3.05, 3.63) is 24.0 Å². The zero-order chi connectivity index (χ0) is 9.60. The van der Waals surface area contributed by atoms with Crippen LogP contribution >= 0.6 is 0 Å². The highest BCUT2D eigenvalue weighted by Gasteiger charge is 2.44. The fourth-order valence-corrected chi connectivity index (χ4v) is 2.71. The Balaban J connectivity index is 2.11. The van der Waals surface area contributed by atoms with Crippen molar-refractivity contribution in [2.45, 2.75) is 24.7 Å². The molecule has 0 spiro atoms. The van der Waals surface area contributed by atoms with Crippen molar-refractivity contribution in [3.63, 3.8) is 0 Å². The normalized spacial score (nSPS) is 33.9. The van der Waals surface area contributed by atoms with Crippen LogP contribution in [0.5, 0.6) is 0 Å². The monoisotopic (exact) mass is 188 g/mol. The lowest BCUT2D eigenvalue weighted by Gasteiger charge is -2.22. The maximum absolute atomic E-state index is 5.88. The third-order valence-electron chi connectivity index (χ3n) is 3.41. The molecule has 2 bridgehead atoms. The molecule has 2 aliphatic carbocycles. The molecule has 1 heterocycles. The highest BCUT2D eigenvalue weighted by molar-refractivity contribution is 5.48. The summed E-state index contributed by atoms with van der Waals surface area (Å²) in [4.78, 5) is 0. The van der Waals surface area contributed by atoms with Gasteiger partial charge in [-0.2, -0.15) is 0 Å². The molecule has 0 aromatic carbocycles. The van der Waals surface area contributed by atoms with E-state index in [2.05, 4.69) is 27.6 Å². The first-order valence-corrected chi connectivity index (χ1v) is 4.94. The van der Waals surface area contributed by atoms with E-state index in [9.17, 15) is 0 Å². The lowest BCUT2D eigenvalue weighted by molar-refractivity contribution is 0.536. The molecule has 2 unspecified atom stereocenters. The molecule has 0 aliphatic heterocycles. The number of hydrogen-bond donors (Lipinski definition) is 1. The number of fused-ring (bicyclic) bond motifs is 2. The Morgan fingerprint density at radius 1 is 1.50 bits per heavy atom. The van der Waals surface area contributed by atoms with Gasteiger partial charge < -0.3 is 5.73 Å². The summed E-state index contributed by atoms with van der Waals surface area (Å²) in [7, 11) is 0. The van der Waals surface area contributed by atoms with Gasteiger partial charge in [0.1, 0.15) is 0 Å². The van der Waals surface area contributed by atoms with Crippen molar-refractivity contribution in [1.82, 2.24) is 15.4 Å². The first-order chi connectivity index (χ1) is 6.80. The van der Waals surface area contributed by atoms with Crippen LogP contribution in [0.2, 0.25) is 0 Å². The predicted molar refractivity (Wildman–Crippen MR) is 52.4 cm³/mol. The van der Waals surface area contributed by atoms with E-state index < -0.39 is 0 Å². The Kier molecular flexibility index (Phi) is 1.43. The van der Waals surface area contributed by atoms with Crippen molar-refractivity contribution in [3.8, 4) is 0 Å². The fraction of sp³-hybridized carbons (Fsp3) is 0.500. The average Bonchev–Trinajstić information content (AvgIpc) is 2.79. The minimum atomic E-state index is 0.0741. The minimum Gasteiger partial charge on any atom is -0.396 e. The van der Waals surface area contributed by atoms with Crippen molar-refractivity contribution in [2.24, 2.45) is 5.92 Å². The molecule has 1 fully saturated rings. The Morgan fingerprint density at radius 2 is 2.43 bits per heavy atom. The molecule has 1 saturated carbocycles. The summed E-state index contributed by atoms with van der Waals surface area (Å²) in [6, 6.07) is 0. The third-order valence-corrected chi connectivity index (χ3v) is 3.41. The number of nitrogens with two attached hydrogens (primary N) is 1. The highest BCUT2D eigenvalue weighted by atomic mass is 15.3. The largest absolute Gasteiger partial charge is 0.396 e. The maximum atomic E-state index is 5.88. The Hall–Kier alpha value is -1.45. The van der Waals surface area contributed by atoms with Crippen LogP contribution in [0.3, 0.4) is 0 Å². The molecule has 0 saturated heterocycles. The van der Waals surface area contributed by atoms with Gasteiger partial charge in [-0.25, -0.2) is 0 Å². The molecule has 2 N–H and O–H groups in total. The van der Waals surface area contributed by atoms with Crippen molar-refractivity contribution >= 4 is 5.69 Å². The first-order valence-electron chi connectivity index (χ1n) is 4.94. The van der Waals surface area contributed by atoms with Crippen molar-refractivity contribution < 1.29 is 0 Å². The van der Waals surface area contributed by atoms with E-state index in [1.165, 1.54) is 6.42 Å². The Morgan fingerprint density at radius 3 is 3.00 bits per heavy atom. The van der Waals surface area contributed by atoms with Crippen LogP contribution in [0, 0.1) is 5.92 Å². The smallest absolute Gasteiger partial charge is 0.0993 e. The molecule has 4 heteroatoms. The van der Waals surface area contributed by atoms with Crippen LogP contribution in [0.4, 0.5) is 5.69 Å². The fourth-order valence-electron chi connectivity index (χ4n) is 2.71. The van der Waals surface area contributed by atoms with E-state index in [-0.39, 0.29) is 5.41 Å². The summed E-state index contributed by atoms with van der Waals surface area (Å²) in [5.41, 5.74) is 7.55. The molecule has 1 aromatic heterocycles. The summed E-state index contributed by atoms with van der Waals surface area (Å²) < 4.78 is 0. The standard InChI is InChI=1S/C10H12N4/c11-8-6-12-14-13-9(8)10-3-1-7(5-10)2-4-10/h1,3,6-7H,2,4-5H2,(H2,11,14). The second-order valence-corrected chi connectivity index (χ2v) is 4.26. The third kappa shape index (κ3) is 0.908. The number of rotatable bonds is 1. The second-order valence-electron chi connectivity index (χ2n) is 4.26. The van der Waals surface area contributed by atoms with Gasteiger partial charge in [-0.15, -0.1) is 10.2 Å². The number of anilines is 1. The summed E-state index contributed by atoms with van der Waals surface area (Å²) in [5.74, 6) is 0.726. The molecule has 4 nitrogen and oxygen atoms in total. The molecule has 2 atom stereocenters. The van der Waals surface area contributed by atoms with Gasteiger partial charge in [-0.1, -0.05) is 12.2 Å². The van der Waals surface area contributed by atoms with Crippen molar-refractivity contribution in [2.75, 3.05) is 5.73 Å². The molecule has 0 radical (unpaired) electrons. The molecule has 2 aliphatic rings. The topological polar surface area (TPSA) is 64.7 Å². The van der Waals surface area contributed by atoms with Crippen LogP contribution < -0.4 is 5.73 Å². The molecule has 0 amide bonds. The van der Waals surface area contributed by atoms with Gasteiger partial charge in [0.25, 0.3) is 0 Å². The SMILES string of the molecule is Nc1cnnnc1C12C=CC(CC1)C2. The second kappa shape index (κ2) is 2.53. The van der Waals surface area contributed by atoms with E-state index in [4.69, 9.17) is 5.73 Å². The van der Waals surface area contributed by atoms with Gasteiger partial charge in [0.05, 0.1) is 17.6 Å². The summed E-state index contributed by atoms with van der Waals surface area (Å²) in [5, 5.41) is 11.5. The number of aromatic nitrogens is 3. The van der Waals surface area contributed by atoms with Gasteiger partial charge in [0.15, 0.2) is 0 Å². The van der Waals surface area contributed by atoms with Crippen molar-refractivity contribution in [1.29, 1.82) is 0 Å².